The third kappa shape index (κ3) is 2.95. The van der Waals surface area contributed by atoms with Crippen LogP contribution in [0.4, 0.5) is 5.13 Å². The van der Waals surface area contributed by atoms with Gasteiger partial charge in [0, 0.05) is 11.4 Å². The van der Waals surface area contributed by atoms with E-state index in [-0.39, 0.29) is 11.4 Å². The summed E-state index contributed by atoms with van der Waals surface area (Å²) in [6, 6.07) is 6.77. The molecule has 0 saturated heterocycles. The zero-order valence-electron chi connectivity index (χ0n) is 11.5. The number of thiazole rings is 1. The highest BCUT2D eigenvalue weighted by molar-refractivity contribution is 7.93. The summed E-state index contributed by atoms with van der Waals surface area (Å²) in [5, 5.41) is 0.453. The number of anilines is 1. The van der Waals surface area contributed by atoms with Gasteiger partial charge in [-0.2, -0.15) is 0 Å². The number of aryl methyl sites for hydroxylation is 2. The van der Waals surface area contributed by atoms with Crippen molar-refractivity contribution in [2.24, 2.45) is 5.73 Å². The Morgan fingerprint density at radius 3 is 2.76 bits per heavy atom. The van der Waals surface area contributed by atoms with Crippen LogP contribution >= 0.6 is 11.3 Å². The summed E-state index contributed by atoms with van der Waals surface area (Å²) in [5.41, 5.74) is 7.26. The molecule has 112 valence electrons. The van der Waals surface area contributed by atoms with E-state index in [2.05, 4.69) is 9.71 Å². The first-order valence-electron chi connectivity index (χ1n) is 6.89. The van der Waals surface area contributed by atoms with E-state index >= 15 is 0 Å². The Bertz CT molecular complexity index is 730. The molecule has 7 heteroatoms. The number of aromatic nitrogens is 1. The van der Waals surface area contributed by atoms with Crippen molar-refractivity contribution < 1.29 is 8.42 Å². The van der Waals surface area contributed by atoms with Crippen molar-refractivity contribution in [3.63, 3.8) is 0 Å². The number of hydrogen-bond donors (Lipinski definition) is 2. The van der Waals surface area contributed by atoms with Crippen LogP contribution in [0.3, 0.4) is 0 Å². The monoisotopic (exact) mass is 323 g/mol. The lowest BCUT2D eigenvalue weighted by Crippen LogP contribution is -2.16. The van der Waals surface area contributed by atoms with Gasteiger partial charge in [-0.15, -0.1) is 11.3 Å². The van der Waals surface area contributed by atoms with Gasteiger partial charge in [0.2, 0.25) is 0 Å². The Balaban J connectivity index is 1.91. The Labute approximate surface area is 128 Å². The lowest BCUT2D eigenvalue weighted by atomic mass is 10.0. The van der Waals surface area contributed by atoms with E-state index in [1.807, 2.05) is 0 Å². The third-order valence-electron chi connectivity index (χ3n) is 3.55. The topological polar surface area (TPSA) is 85.1 Å². The number of hydrogen-bond acceptors (Lipinski definition) is 5. The Hall–Kier alpha value is -1.44. The standard InChI is InChI=1S/C14H17N3O2S2/c15-9-10-5-1-4-8-13(10)21(18,19)17-14-16-11-6-2-3-7-12(11)20-14/h1,4-5,8H,2-3,6-7,9,15H2,(H,16,17). The number of sulfonamides is 1. The third-order valence-corrected chi connectivity index (χ3v) is 6.19. The number of benzene rings is 1. The SMILES string of the molecule is NCc1ccccc1S(=O)(=O)Nc1nc2c(s1)CCCC2. The van der Waals surface area contributed by atoms with Crippen molar-refractivity contribution in [2.45, 2.75) is 37.1 Å². The van der Waals surface area contributed by atoms with E-state index in [9.17, 15) is 8.42 Å². The van der Waals surface area contributed by atoms with Crippen LogP contribution in [0.25, 0.3) is 0 Å². The fraction of sp³-hybridized carbons (Fsp3) is 0.357. The molecule has 1 aliphatic rings. The molecule has 0 atom stereocenters. The maximum atomic E-state index is 12.5. The largest absolute Gasteiger partial charge is 0.326 e. The van der Waals surface area contributed by atoms with E-state index in [4.69, 9.17) is 5.73 Å². The number of fused-ring (bicyclic) bond motifs is 1. The molecule has 3 N–H and O–H groups in total. The molecule has 3 rings (SSSR count). The molecular formula is C14H17N3O2S2. The van der Waals surface area contributed by atoms with Gasteiger partial charge in [0.1, 0.15) is 0 Å². The van der Waals surface area contributed by atoms with Crippen molar-refractivity contribution in [2.75, 3.05) is 4.72 Å². The van der Waals surface area contributed by atoms with Gasteiger partial charge in [0.15, 0.2) is 5.13 Å². The summed E-state index contributed by atoms with van der Waals surface area (Å²) in [4.78, 5) is 5.84. The van der Waals surface area contributed by atoms with Gasteiger partial charge in [-0.05, 0) is 37.3 Å². The molecule has 21 heavy (non-hydrogen) atoms. The minimum Gasteiger partial charge on any atom is -0.326 e. The Kier molecular flexibility index (Phi) is 3.97. The van der Waals surface area contributed by atoms with Crippen molar-refractivity contribution in [3.8, 4) is 0 Å². The second-order valence-corrected chi connectivity index (χ2v) is 7.75. The first kappa shape index (κ1) is 14.5. The number of nitrogens with one attached hydrogen (secondary N) is 1. The molecule has 1 aliphatic carbocycles. The summed E-state index contributed by atoms with van der Waals surface area (Å²) < 4.78 is 27.6. The summed E-state index contributed by atoms with van der Waals surface area (Å²) in [7, 11) is -3.64. The van der Waals surface area contributed by atoms with Gasteiger partial charge in [-0.25, -0.2) is 13.4 Å². The maximum absolute atomic E-state index is 12.5. The highest BCUT2D eigenvalue weighted by Crippen LogP contribution is 2.31. The number of nitrogens with two attached hydrogens (primary N) is 1. The minimum atomic E-state index is -3.64. The van der Waals surface area contributed by atoms with Crippen molar-refractivity contribution in [1.29, 1.82) is 0 Å². The predicted octanol–water partition coefficient (Wildman–Crippen LogP) is 2.28. The van der Waals surface area contributed by atoms with Crippen LogP contribution in [-0.2, 0) is 29.4 Å². The van der Waals surface area contributed by atoms with Gasteiger partial charge < -0.3 is 5.73 Å². The average molecular weight is 323 g/mol. The smallest absolute Gasteiger partial charge is 0.263 e. The van der Waals surface area contributed by atoms with Crippen molar-refractivity contribution in [1.82, 2.24) is 4.98 Å². The molecule has 5 nitrogen and oxygen atoms in total. The lowest BCUT2D eigenvalue weighted by Gasteiger charge is -2.09. The number of rotatable bonds is 4. The summed E-state index contributed by atoms with van der Waals surface area (Å²) in [6.45, 7) is 0.186. The molecule has 0 aliphatic heterocycles. The van der Waals surface area contributed by atoms with Crippen LogP contribution in [0.15, 0.2) is 29.2 Å². The van der Waals surface area contributed by atoms with Gasteiger partial charge in [-0.1, -0.05) is 18.2 Å². The van der Waals surface area contributed by atoms with Crippen LogP contribution in [0.2, 0.25) is 0 Å². The maximum Gasteiger partial charge on any atom is 0.263 e. The lowest BCUT2D eigenvalue weighted by molar-refractivity contribution is 0.600. The molecule has 0 unspecified atom stereocenters. The Morgan fingerprint density at radius 2 is 2.00 bits per heavy atom. The highest BCUT2D eigenvalue weighted by atomic mass is 32.2. The van der Waals surface area contributed by atoms with E-state index in [1.165, 1.54) is 16.2 Å². The van der Waals surface area contributed by atoms with Gasteiger partial charge in [0.05, 0.1) is 10.6 Å². The molecule has 1 aromatic carbocycles. The van der Waals surface area contributed by atoms with E-state index in [1.54, 1.807) is 24.3 Å². The van der Waals surface area contributed by atoms with Crippen molar-refractivity contribution >= 4 is 26.5 Å². The van der Waals surface area contributed by atoms with Crippen LogP contribution in [-0.4, -0.2) is 13.4 Å². The normalized spacial score (nSPS) is 14.7. The predicted molar refractivity (Wildman–Crippen MR) is 83.9 cm³/mol. The molecule has 0 fully saturated rings. The fourth-order valence-corrected chi connectivity index (χ4v) is 5.04. The number of nitrogens with zero attached hydrogens (tertiary/aromatic N) is 1. The van der Waals surface area contributed by atoms with E-state index in [0.717, 1.165) is 31.4 Å². The minimum absolute atomic E-state index is 0.186. The molecule has 0 amide bonds. The van der Waals surface area contributed by atoms with E-state index in [0.29, 0.717) is 10.7 Å². The molecular weight excluding hydrogens is 306 g/mol. The first-order valence-corrected chi connectivity index (χ1v) is 9.19. The summed E-state index contributed by atoms with van der Waals surface area (Å²) >= 11 is 1.44. The Morgan fingerprint density at radius 1 is 1.24 bits per heavy atom. The van der Waals surface area contributed by atoms with Crippen LogP contribution < -0.4 is 10.5 Å². The second kappa shape index (κ2) is 5.75. The molecule has 0 bridgehead atoms. The summed E-state index contributed by atoms with van der Waals surface area (Å²) in [6.07, 6.45) is 4.21. The molecule has 0 radical (unpaired) electrons. The quantitative estimate of drug-likeness (QED) is 0.904. The molecule has 2 aromatic rings. The fourth-order valence-electron chi connectivity index (χ4n) is 2.50. The van der Waals surface area contributed by atoms with Crippen molar-refractivity contribution in [3.05, 3.63) is 40.4 Å². The first-order chi connectivity index (χ1) is 10.1. The second-order valence-electron chi connectivity index (χ2n) is 5.01. The molecule has 1 heterocycles. The zero-order valence-corrected chi connectivity index (χ0v) is 13.1. The van der Waals surface area contributed by atoms with Crippen LogP contribution in [0, 0.1) is 0 Å². The van der Waals surface area contributed by atoms with E-state index < -0.39 is 10.0 Å². The van der Waals surface area contributed by atoms with Gasteiger partial charge in [-0.3, -0.25) is 4.72 Å². The van der Waals surface area contributed by atoms with Crippen LogP contribution in [0.5, 0.6) is 0 Å². The van der Waals surface area contributed by atoms with Crippen LogP contribution in [0.1, 0.15) is 29.0 Å². The molecule has 0 saturated carbocycles. The molecule has 1 aromatic heterocycles. The zero-order chi connectivity index (χ0) is 14.9. The molecule has 0 spiro atoms. The van der Waals surface area contributed by atoms with Gasteiger partial charge >= 0.3 is 0 Å². The highest BCUT2D eigenvalue weighted by Gasteiger charge is 2.21. The average Bonchev–Trinajstić information content (AvgIpc) is 2.88. The van der Waals surface area contributed by atoms with Gasteiger partial charge in [0.25, 0.3) is 10.0 Å². The summed E-state index contributed by atoms with van der Waals surface area (Å²) in [5.74, 6) is 0.